The summed E-state index contributed by atoms with van der Waals surface area (Å²) in [6.07, 6.45) is 0.420. The van der Waals surface area contributed by atoms with Crippen LogP contribution in [0.5, 0.6) is 11.5 Å². The van der Waals surface area contributed by atoms with Crippen LogP contribution in [0.2, 0.25) is 0 Å². The van der Waals surface area contributed by atoms with Gasteiger partial charge in [-0.3, -0.25) is 9.59 Å². The van der Waals surface area contributed by atoms with Crippen LogP contribution >= 0.6 is 0 Å². The molecule has 1 heterocycles. The van der Waals surface area contributed by atoms with Crippen LogP contribution in [-0.4, -0.2) is 35.8 Å². The highest BCUT2D eigenvalue weighted by Crippen LogP contribution is 2.26. The Morgan fingerprint density at radius 3 is 2.32 bits per heavy atom. The number of carbonyl (C=O) groups is 2. The number of piperazine rings is 1. The molecular formula is C20H22N2O3. The Morgan fingerprint density at radius 1 is 1.04 bits per heavy atom. The maximum atomic E-state index is 12.6. The number of para-hydroxylation sites is 1. The smallest absolute Gasteiger partial charge is 0.249 e. The van der Waals surface area contributed by atoms with Crippen molar-refractivity contribution < 1.29 is 14.3 Å². The zero-order valence-electron chi connectivity index (χ0n) is 14.5. The minimum Gasteiger partial charge on any atom is -0.457 e. The maximum Gasteiger partial charge on any atom is 0.249 e. The number of ether oxygens (including phenoxy) is 1. The first kappa shape index (κ1) is 17.0. The second-order valence-corrected chi connectivity index (χ2v) is 6.02. The highest BCUT2D eigenvalue weighted by molar-refractivity contribution is 6.00. The van der Waals surface area contributed by atoms with E-state index in [-0.39, 0.29) is 11.8 Å². The number of anilines is 1. The predicted octanol–water partition coefficient (Wildman–Crippen LogP) is 3.45. The molecule has 1 fully saturated rings. The normalized spacial score (nSPS) is 17.5. The summed E-state index contributed by atoms with van der Waals surface area (Å²) in [5, 5.41) is 0. The molecule has 1 aliphatic rings. The quantitative estimate of drug-likeness (QED) is 0.858. The predicted molar refractivity (Wildman–Crippen MR) is 96.8 cm³/mol. The molecule has 1 atom stereocenters. The Labute approximate surface area is 147 Å². The Morgan fingerprint density at radius 2 is 1.68 bits per heavy atom. The summed E-state index contributed by atoms with van der Waals surface area (Å²) in [5.74, 6) is 1.46. The molecule has 2 aromatic carbocycles. The van der Waals surface area contributed by atoms with Crippen LogP contribution < -0.4 is 9.64 Å². The number of carbonyl (C=O) groups excluding carboxylic acids is 2. The Bertz CT molecular complexity index is 743. The molecule has 3 rings (SSSR count). The number of nitrogens with zero attached hydrogens (tertiary/aromatic N) is 2. The summed E-state index contributed by atoms with van der Waals surface area (Å²) in [6.45, 7) is 4.67. The molecule has 0 aromatic heterocycles. The summed E-state index contributed by atoms with van der Waals surface area (Å²) < 4.78 is 5.78. The van der Waals surface area contributed by atoms with E-state index in [1.807, 2.05) is 61.5 Å². The Hall–Kier alpha value is -2.82. The third-order valence-corrected chi connectivity index (χ3v) is 4.41. The van der Waals surface area contributed by atoms with Gasteiger partial charge in [0.05, 0.1) is 0 Å². The van der Waals surface area contributed by atoms with Crippen molar-refractivity contribution in [1.82, 2.24) is 4.90 Å². The van der Waals surface area contributed by atoms with Crippen molar-refractivity contribution in [2.24, 2.45) is 0 Å². The highest BCUT2D eigenvalue weighted by atomic mass is 16.5. The second kappa shape index (κ2) is 7.38. The topological polar surface area (TPSA) is 49.9 Å². The van der Waals surface area contributed by atoms with Crippen LogP contribution in [0, 0.1) is 0 Å². The van der Waals surface area contributed by atoms with Crippen molar-refractivity contribution in [2.75, 3.05) is 18.0 Å². The zero-order chi connectivity index (χ0) is 17.8. The molecule has 0 N–H and O–H groups in total. The summed E-state index contributed by atoms with van der Waals surface area (Å²) in [5.41, 5.74) is 0.820. The average Bonchev–Trinajstić information content (AvgIpc) is 2.65. The molecule has 2 aromatic rings. The van der Waals surface area contributed by atoms with Gasteiger partial charge in [-0.2, -0.15) is 0 Å². The number of hydrogen-bond donors (Lipinski definition) is 0. The first-order chi connectivity index (χ1) is 12.1. The molecule has 2 amide bonds. The molecule has 5 nitrogen and oxygen atoms in total. The molecule has 130 valence electrons. The molecule has 0 spiro atoms. The Balaban J connectivity index is 1.70. The van der Waals surface area contributed by atoms with Gasteiger partial charge in [0, 0.05) is 25.2 Å². The highest BCUT2D eigenvalue weighted by Gasteiger charge is 2.34. The van der Waals surface area contributed by atoms with Crippen LogP contribution in [0.15, 0.2) is 54.6 Å². The lowest BCUT2D eigenvalue weighted by Gasteiger charge is -2.39. The molecule has 1 saturated heterocycles. The van der Waals surface area contributed by atoms with Gasteiger partial charge in [0.2, 0.25) is 11.8 Å². The van der Waals surface area contributed by atoms with Gasteiger partial charge in [-0.15, -0.1) is 0 Å². The molecule has 25 heavy (non-hydrogen) atoms. The van der Waals surface area contributed by atoms with E-state index in [0.717, 1.165) is 17.2 Å². The van der Waals surface area contributed by atoms with Crippen molar-refractivity contribution in [3.05, 3.63) is 54.6 Å². The Kier molecular flexibility index (Phi) is 5.03. The van der Waals surface area contributed by atoms with E-state index in [4.69, 9.17) is 4.74 Å². The van der Waals surface area contributed by atoms with Crippen molar-refractivity contribution >= 4 is 17.5 Å². The standard InChI is InChI=1S/C20H22N2O3/c1-3-19(23)21-13-14-22(20(24)15(21)2)16-9-11-18(12-10-16)25-17-7-5-4-6-8-17/h4-12,15H,3,13-14H2,1-2H3. The number of rotatable bonds is 4. The number of hydrogen-bond acceptors (Lipinski definition) is 3. The van der Waals surface area contributed by atoms with Crippen LogP contribution in [0.4, 0.5) is 5.69 Å². The van der Waals surface area contributed by atoms with Gasteiger partial charge in [-0.1, -0.05) is 25.1 Å². The van der Waals surface area contributed by atoms with Gasteiger partial charge >= 0.3 is 0 Å². The molecule has 0 radical (unpaired) electrons. The fourth-order valence-electron chi connectivity index (χ4n) is 2.99. The number of amides is 2. The van der Waals surface area contributed by atoms with E-state index in [2.05, 4.69) is 0 Å². The van der Waals surface area contributed by atoms with Crippen LogP contribution in [-0.2, 0) is 9.59 Å². The average molecular weight is 338 g/mol. The first-order valence-corrected chi connectivity index (χ1v) is 8.54. The van der Waals surface area contributed by atoms with Crippen LogP contribution in [0.25, 0.3) is 0 Å². The van der Waals surface area contributed by atoms with Gasteiger partial charge < -0.3 is 14.5 Å². The van der Waals surface area contributed by atoms with Gasteiger partial charge in [0.25, 0.3) is 0 Å². The largest absolute Gasteiger partial charge is 0.457 e. The molecule has 1 unspecified atom stereocenters. The first-order valence-electron chi connectivity index (χ1n) is 8.54. The zero-order valence-corrected chi connectivity index (χ0v) is 14.5. The molecule has 0 aliphatic carbocycles. The van der Waals surface area contributed by atoms with Crippen molar-refractivity contribution in [1.29, 1.82) is 0 Å². The van der Waals surface area contributed by atoms with Crippen LogP contribution in [0.1, 0.15) is 20.3 Å². The van der Waals surface area contributed by atoms with E-state index in [0.29, 0.717) is 19.5 Å². The third-order valence-electron chi connectivity index (χ3n) is 4.41. The van der Waals surface area contributed by atoms with Gasteiger partial charge in [0.1, 0.15) is 17.5 Å². The fraction of sp³-hybridized carbons (Fsp3) is 0.300. The van der Waals surface area contributed by atoms with Gasteiger partial charge in [-0.05, 0) is 43.3 Å². The second-order valence-electron chi connectivity index (χ2n) is 6.02. The summed E-state index contributed by atoms with van der Waals surface area (Å²) in [6, 6.07) is 16.6. The molecule has 0 bridgehead atoms. The minimum absolute atomic E-state index is 0.0205. The fourth-order valence-corrected chi connectivity index (χ4v) is 2.99. The monoisotopic (exact) mass is 338 g/mol. The van der Waals surface area contributed by atoms with Crippen LogP contribution in [0.3, 0.4) is 0 Å². The van der Waals surface area contributed by atoms with Crippen molar-refractivity contribution in [2.45, 2.75) is 26.3 Å². The third kappa shape index (κ3) is 3.65. The maximum absolute atomic E-state index is 12.6. The van der Waals surface area contributed by atoms with E-state index >= 15 is 0 Å². The summed E-state index contributed by atoms with van der Waals surface area (Å²) in [7, 11) is 0. The summed E-state index contributed by atoms with van der Waals surface area (Å²) >= 11 is 0. The van der Waals surface area contributed by atoms with Crippen molar-refractivity contribution in [3.8, 4) is 11.5 Å². The minimum atomic E-state index is -0.429. The van der Waals surface area contributed by atoms with Gasteiger partial charge in [0.15, 0.2) is 0 Å². The lowest BCUT2D eigenvalue weighted by Crippen LogP contribution is -2.57. The summed E-state index contributed by atoms with van der Waals surface area (Å²) in [4.78, 5) is 27.9. The van der Waals surface area contributed by atoms with E-state index in [9.17, 15) is 9.59 Å². The van der Waals surface area contributed by atoms with E-state index in [1.54, 1.807) is 16.7 Å². The van der Waals surface area contributed by atoms with Crippen molar-refractivity contribution in [3.63, 3.8) is 0 Å². The molecule has 5 heteroatoms. The van der Waals surface area contributed by atoms with E-state index in [1.165, 1.54) is 0 Å². The lowest BCUT2D eigenvalue weighted by molar-refractivity contribution is -0.140. The lowest BCUT2D eigenvalue weighted by atomic mass is 10.1. The van der Waals surface area contributed by atoms with Gasteiger partial charge in [-0.25, -0.2) is 0 Å². The molecule has 0 saturated carbocycles. The SMILES string of the molecule is CCC(=O)N1CCN(c2ccc(Oc3ccccc3)cc2)C(=O)C1C. The van der Waals surface area contributed by atoms with E-state index < -0.39 is 6.04 Å². The number of benzene rings is 2. The molecule has 1 aliphatic heterocycles. The molecular weight excluding hydrogens is 316 g/mol.